The molecule has 0 N–H and O–H groups in total. The molecule has 0 aromatic carbocycles. The van der Waals surface area contributed by atoms with Gasteiger partial charge in [-0.05, 0) is 37.4 Å². The highest BCUT2D eigenvalue weighted by Crippen LogP contribution is 2.30. The number of amides is 1. The Morgan fingerprint density at radius 2 is 2.00 bits per heavy atom. The van der Waals surface area contributed by atoms with Gasteiger partial charge in [0.05, 0.1) is 16.6 Å². The van der Waals surface area contributed by atoms with Gasteiger partial charge >= 0.3 is 0 Å². The van der Waals surface area contributed by atoms with Crippen LogP contribution < -0.4 is 4.90 Å². The van der Waals surface area contributed by atoms with Gasteiger partial charge in [-0.15, -0.1) is 23.1 Å². The predicted octanol–water partition coefficient (Wildman–Crippen LogP) is 3.95. The van der Waals surface area contributed by atoms with Crippen LogP contribution in [0.25, 0.3) is 10.2 Å². The maximum absolute atomic E-state index is 13.3. The SMILES string of the molecule is Cc1noc(C)c1CSc1ncccc1C(=O)N1CCN(c2ncnc3sccc23)CC1. The maximum atomic E-state index is 13.3. The average molecular weight is 467 g/mol. The van der Waals surface area contributed by atoms with Gasteiger partial charge in [-0.1, -0.05) is 5.16 Å². The number of thiophene rings is 1. The van der Waals surface area contributed by atoms with Crippen molar-refractivity contribution in [1.29, 1.82) is 0 Å². The van der Waals surface area contributed by atoms with E-state index in [9.17, 15) is 4.79 Å². The summed E-state index contributed by atoms with van der Waals surface area (Å²) < 4.78 is 5.25. The molecule has 5 rings (SSSR count). The molecule has 1 aliphatic rings. The Labute approximate surface area is 193 Å². The van der Waals surface area contributed by atoms with Crippen LogP contribution in [-0.4, -0.2) is 57.1 Å². The summed E-state index contributed by atoms with van der Waals surface area (Å²) in [6, 6.07) is 5.74. The Kier molecular flexibility index (Phi) is 5.79. The Hall–Kier alpha value is -2.98. The van der Waals surface area contributed by atoms with Crippen LogP contribution in [0.1, 0.15) is 27.4 Å². The molecule has 1 fully saturated rings. The van der Waals surface area contributed by atoms with Gasteiger partial charge in [-0.25, -0.2) is 15.0 Å². The minimum absolute atomic E-state index is 0.0161. The number of hydrogen-bond acceptors (Lipinski definition) is 9. The van der Waals surface area contributed by atoms with E-state index in [1.807, 2.05) is 36.3 Å². The minimum atomic E-state index is 0.0161. The van der Waals surface area contributed by atoms with Gasteiger partial charge in [0.1, 0.15) is 27.8 Å². The number of carbonyl (C=O) groups excluding carboxylic acids is 1. The zero-order valence-electron chi connectivity index (χ0n) is 17.8. The van der Waals surface area contributed by atoms with Crippen molar-refractivity contribution < 1.29 is 9.32 Å². The fourth-order valence-corrected chi connectivity index (χ4v) is 5.70. The van der Waals surface area contributed by atoms with E-state index in [-0.39, 0.29) is 5.91 Å². The highest BCUT2D eigenvalue weighted by Gasteiger charge is 2.26. The molecule has 164 valence electrons. The zero-order valence-corrected chi connectivity index (χ0v) is 19.4. The Morgan fingerprint density at radius 3 is 2.78 bits per heavy atom. The third-order valence-electron chi connectivity index (χ3n) is 5.64. The second kappa shape index (κ2) is 8.87. The number of rotatable bonds is 5. The largest absolute Gasteiger partial charge is 0.361 e. The quantitative estimate of drug-likeness (QED) is 0.409. The molecular weight excluding hydrogens is 444 g/mol. The summed E-state index contributed by atoms with van der Waals surface area (Å²) in [5, 5.41) is 7.85. The van der Waals surface area contributed by atoms with Gasteiger partial charge in [-0.2, -0.15) is 0 Å². The molecule has 0 radical (unpaired) electrons. The van der Waals surface area contributed by atoms with E-state index < -0.39 is 0 Å². The van der Waals surface area contributed by atoms with Gasteiger partial charge in [-0.3, -0.25) is 4.79 Å². The topological polar surface area (TPSA) is 88.3 Å². The number of thioether (sulfide) groups is 1. The minimum Gasteiger partial charge on any atom is -0.361 e. The fourth-order valence-electron chi connectivity index (χ4n) is 3.84. The van der Waals surface area contributed by atoms with Gasteiger partial charge < -0.3 is 14.3 Å². The van der Waals surface area contributed by atoms with Crippen LogP contribution in [0, 0.1) is 13.8 Å². The number of aromatic nitrogens is 4. The molecule has 0 bridgehead atoms. The number of piperazine rings is 1. The molecule has 1 aliphatic heterocycles. The number of hydrogen-bond donors (Lipinski definition) is 0. The van der Waals surface area contributed by atoms with E-state index in [1.165, 1.54) is 0 Å². The van der Waals surface area contributed by atoms with E-state index in [2.05, 4.69) is 31.1 Å². The second-order valence-corrected chi connectivity index (χ2v) is 9.42. The lowest BCUT2D eigenvalue weighted by molar-refractivity contribution is 0.0742. The van der Waals surface area contributed by atoms with Crippen molar-refractivity contribution >= 4 is 45.0 Å². The van der Waals surface area contributed by atoms with Crippen LogP contribution in [-0.2, 0) is 5.75 Å². The summed E-state index contributed by atoms with van der Waals surface area (Å²) >= 11 is 3.15. The van der Waals surface area contributed by atoms with Crippen molar-refractivity contribution in [1.82, 2.24) is 25.0 Å². The standard InChI is InChI=1S/C22H22N6O2S2/c1-14-18(15(2)30-26-14)12-32-21-17(4-3-6-23-21)22(29)28-9-7-27(8-10-28)19-16-5-11-31-20(16)25-13-24-19/h3-6,11,13H,7-10,12H2,1-2H3. The molecule has 4 aromatic heterocycles. The fraction of sp³-hybridized carbons (Fsp3) is 0.318. The third kappa shape index (κ3) is 3.95. The summed E-state index contributed by atoms with van der Waals surface area (Å²) in [6.45, 7) is 6.57. The van der Waals surface area contributed by atoms with Crippen molar-refractivity contribution in [2.45, 2.75) is 24.6 Å². The summed E-state index contributed by atoms with van der Waals surface area (Å²) in [5.74, 6) is 2.43. The summed E-state index contributed by atoms with van der Waals surface area (Å²) in [5.41, 5.74) is 2.57. The Bertz CT molecular complexity index is 1240. The molecule has 32 heavy (non-hydrogen) atoms. The van der Waals surface area contributed by atoms with Crippen molar-refractivity contribution in [3.63, 3.8) is 0 Å². The Morgan fingerprint density at radius 1 is 1.16 bits per heavy atom. The molecule has 0 saturated carbocycles. The van der Waals surface area contributed by atoms with Crippen LogP contribution in [0.2, 0.25) is 0 Å². The van der Waals surface area contributed by atoms with E-state index >= 15 is 0 Å². The van der Waals surface area contributed by atoms with Crippen molar-refractivity contribution in [3.05, 3.63) is 58.7 Å². The first-order valence-corrected chi connectivity index (χ1v) is 12.2. The van der Waals surface area contributed by atoms with E-state index in [4.69, 9.17) is 4.52 Å². The molecule has 0 aliphatic carbocycles. The molecule has 0 atom stereocenters. The first-order valence-electron chi connectivity index (χ1n) is 10.3. The number of nitrogens with zero attached hydrogens (tertiary/aromatic N) is 6. The maximum Gasteiger partial charge on any atom is 0.256 e. The molecule has 0 unspecified atom stereocenters. The van der Waals surface area contributed by atoms with Crippen LogP contribution in [0.15, 0.2) is 45.7 Å². The first-order chi connectivity index (χ1) is 15.6. The molecule has 4 aromatic rings. The number of aryl methyl sites for hydroxylation is 2. The highest BCUT2D eigenvalue weighted by atomic mass is 32.2. The monoisotopic (exact) mass is 466 g/mol. The molecular formula is C22H22N6O2S2. The predicted molar refractivity (Wildman–Crippen MR) is 125 cm³/mol. The van der Waals surface area contributed by atoms with Crippen molar-refractivity contribution in [2.75, 3.05) is 31.1 Å². The highest BCUT2D eigenvalue weighted by molar-refractivity contribution is 7.98. The summed E-state index contributed by atoms with van der Waals surface area (Å²) in [6.07, 6.45) is 3.34. The van der Waals surface area contributed by atoms with Crippen molar-refractivity contribution in [2.24, 2.45) is 0 Å². The van der Waals surface area contributed by atoms with Crippen LogP contribution in [0.3, 0.4) is 0 Å². The second-order valence-electron chi connectivity index (χ2n) is 7.56. The number of fused-ring (bicyclic) bond motifs is 1. The van der Waals surface area contributed by atoms with Crippen molar-refractivity contribution in [3.8, 4) is 0 Å². The van der Waals surface area contributed by atoms with Gasteiger partial charge in [0.25, 0.3) is 5.91 Å². The van der Waals surface area contributed by atoms with Gasteiger partial charge in [0.2, 0.25) is 0 Å². The van der Waals surface area contributed by atoms with Crippen LogP contribution in [0.4, 0.5) is 5.82 Å². The van der Waals surface area contributed by atoms with E-state index in [0.29, 0.717) is 24.4 Å². The lowest BCUT2D eigenvalue weighted by Crippen LogP contribution is -2.49. The van der Waals surface area contributed by atoms with Gasteiger partial charge in [0.15, 0.2) is 0 Å². The van der Waals surface area contributed by atoms with Crippen LogP contribution in [0.5, 0.6) is 0 Å². The zero-order chi connectivity index (χ0) is 22.1. The molecule has 10 heteroatoms. The number of carbonyl (C=O) groups is 1. The molecule has 1 saturated heterocycles. The van der Waals surface area contributed by atoms with Crippen LogP contribution >= 0.6 is 23.1 Å². The summed E-state index contributed by atoms with van der Waals surface area (Å²) in [4.78, 5) is 31.8. The lowest BCUT2D eigenvalue weighted by atomic mass is 10.2. The van der Waals surface area contributed by atoms with E-state index in [1.54, 1.807) is 35.6 Å². The number of anilines is 1. The molecule has 0 spiro atoms. The average Bonchev–Trinajstić information content (AvgIpc) is 3.44. The Balaban J connectivity index is 1.28. The third-order valence-corrected chi connectivity index (χ3v) is 7.50. The molecule has 5 heterocycles. The molecule has 8 nitrogen and oxygen atoms in total. The summed E-state index contributed by atoms with van der Waals surface area (Å²) in [7, 11) is 0. The first kappa shape index (κ1) is 20.9. The van der Waals surface area contributed by atoms with E-state index in [0.717, 1.165) is 51.2 Å². The normalized spacial score (nSPS) is 14.3. The number of pyridine rings is 1. The lowest BCUT2D eigenvalue weighted by Gasteiger charge is -2.35. The molecule has 1 amide bonds. The smallest absolute Gasteiger partial charge is 0.256 e. The van der Waals surface area contributed by atoms with Gasteiger partial charge in [0, 0.05) is 43.7 Å².